The van der Waals surface area contributed by atoms with E-state index in [-0.39, 0.29) is 5.56 Å². The maximum atomic E-state index is 13.7. The van der Waals surface area contributed by atoms with E-state index in [1.165, 1.54) is 11.1 Å². The van der Waals surface area contributed by atoms with Crippen LogP contribution in [0.15, 0.2) is 43.0 Å². The second-order valence-corrected chi connectivity index (χ2v) is 6.12. The van der Waals surface area contributed by atoms with E-state index in [1.54, 1.807) is 0 Å². The Balaban J connectivity index is 1.83. The van der Waals surface area contributed by atoms with Crippen LogP contribution in [0.1, 0.15) is 28.7 Å². The van der Waals surface area contributed by atoms with Crippen LogP contribution in [0.5, 0.6) is 5.75 Å². The maximum absolute atomic E-state index is 13.7. The monoisotopic (exact) mass is 360 g/mol. The van der Waals surface area contributed by atoms with E-state index < -0.39 is 24.0 Å². The highest BCUT2D eigenvalue weighted by atomic mass is 19.3. The van der Waals surface area contributed by atoms with Crippen molar-refractivity contribution in [3.05, 3.63) is 76.9 Å². The van der Waals surface area contributed by atoms with E-state index >= 15 is 0 Å². The molecule has 0 amide bonds. The van der Waals surface area contributed by atoms with Gasteiger partial charge in [0.05, 0.1) is 0 Å². The third-order valence-electron chi connectivity index (χ3n) is 4.36. The molecule has 134 valence electrons. The number of benzene rings is 2. The zero-order valence-electron chi connectivity index (χ0n) is 13.9. The number of aryl methyl sites for hydroxylation is 1. The lowest BCUT2D eigenvalue weighted by Crippen LogP contribution is -2.12. The molecule has 1 unspecified atom stereocenters. The number of ether oxygens (including phenoxy) is 1. The smallest absolute Gasteiger partial charge is 0.387 e. The molecule has 0 saturated heterocycles. The highest BCUT2D eigenvalue weighted by Crippen LogP contribution is 2.27. The fourth-order valence-electron chi connectivity index (χ4n) is 3.04. The summed E-state index contributed by atoms with van der Waals surface area (Å²) in [6, 6.07) is 7.60. The Bertz CT molecular complexity index is 870. The number of halogens is 4. The van der Waals surface area contributed by atoms with Gasteiger partial charge in [0, 0.05) is 11.1 Å². The summed E-state index contributed by atoms with van der Waals surface area (Å²) in [5.74, 6) is 2.48. The minimum absolute atomic E-state index is 0.0473. The van der Waals surface area contributed by atoms with Crippen LogP contribution >= 0.6 is 0 Å². The minimum Gasteiger partial charge on any atom is -0.429 e. The van der Waals surface area contributed by atoms with Crippen LogP contribution in [0.3, 0.4) is 0 Å². The summed E-state index contributed by atoms with van der Waals surface area (Å²) in [5, 5.41) is 0. The number of hydrogen-bond acceptors (Lipinski definition) is 1. The molecule has 0 saturated carbocycles. The first-order chi connectivity index (χ1) is 12.5. The van der Waals surface area contributed by atoms with Gasteiger partial charge in [-0.25, -0.2) is 8.78 Å². The van der Waals surface area contributed by atoms with Crippen molar-refractivity contribution in [2.45, 2.75) is 25.9 Å². The molecule has 1 aliphatic rings. The van der Waals surface area contributed by atoms with Crippen LogP contribution in [-0.4, -0.2) is 6.61 Å². The predicted molar refractivity (Wildman–Crippen MR) is 91.1 cm³/mol. The molecule has 0 bridgehead atoms. The van der Waals surface area contributed by atoms with Crippen LogP contribution in [0.4, 0.5) is 17.6 Å². The van der Waals surface area contributed by atoms with Crippen molar-refractivity contribution in [2.75, 3.05) is 0 Å². The van der Waals surface area contributed by atoms with Crippen molar-refractivity contribution in [2.24, 2.45) is 5.92 Å². The number of rotatable bonds is 3. The molecule has 1 atom stereocenters. The van der Waals surface area contributed by atoms with E-state index in [1.807, 2.05) is 24.3 Å². The first-order valence-electron chi connectivity index (χ1n) is 8.16. The van der Waals surface area contributed by atoms with Gasteiger partial charge in [-0.2, -0.15) is 8.78 Å². The van der Waals surface area contributed by atoms with E-state index in [4.69, 9.17) is 0 Å². The summed E-state index contributed by atoms with van der Waals surface area (Å²) in [6.07, 6.45) is 4.90. The predicted octanol–water partition coefficient (Wildman–Crippen LogP) is 5.26. The Morgan fingerprint density at radius 1 is 1.04 bits per heavy atom. The molecule has 0 spiro atoms. The lowest BCUT2D eigenvalue weighted by molar-refractivity contribution is -0.0546. The molecule has 1 nitrogen and oxygen atoms in total. The largest absolute Gasteiger partial charge is 0.429 e. The summed E-state index contributed by atoms with van der Waals surface area (Å²) in [4.78, 5) is 0. The Labute approximate surface area is 149 Å². The number of hydrogen-bond donors (Lipinski definition) is 0. The molecule has 3 rings (SSSR count). The van der Waals surface area contributed by atoms with Crippen LogP contribution in [0.2, 0.25) is 0 Å². The van der Waals surface area contributed by atoms with Gasteiger partial charge in [0.15, 0.2) is 17.4 Å². The number of alkyl halides is 2. The summed E-state index contributed by atoms with van der Waals surface area (Å²) >= 11 is 0. The molecule has 0 radical (unpaired) electrons. The van der Waals surface area contributed by atoms with Crippen molar-refractivity contribution in [1.82, 2.24) is 0 Å². The van der Waals surface area contributed by atoms with Crippen molar-refractivity contribution in [3.8, 4) is 17.6 Å². The standard InChI is InChI=1S/C21H16F4O/c1-2-13-5-7-17-10-14(6-8-16(17)9-13)3-4-15-11-18(22)20(19(23)12-15)26-21(24)25/h2,6,8,10-13,21H,1,5,7,9H2. The van der Waals surface area contributed by atoms with Crippen molar-refractivity contribution < 1.29 is 22.3 Å². The quantitative estimate of drug-likeness (QED) is 0.412. The van der Waals surface area contributed by atoms with E-state index in [0.29, 0.717) is 5.92 Å². The van der Waals surface area contributed by atoms with Gasteiger partial charge in [0.2, 0.25) is 0 Å². The van der Waals surface area contributed by atoms with E-state index in [9.17, 15) is 17.6 Å². The molecule has 2 aromatic carbocycles. The minimum atomic E-state index is -3.30. The number of allylic oxidation sites excluding steroid dienone is 1. The second-order valence-electron chi connectivity index (χ2n) is 6.12. The first-order valence-corrected chi connectivity index (χ1v) is 8.16. The molecule has 2 aromatic rings. The van der Waals surface area contributed by atoms with Crippen LogP contribution in [0, 0.1) is 29.4 Å². The molecular formula is C21H16F4O. The molecule has 0 N–H and O–H groups in total. The lowest BCUT2D eigenvalue weighted by Gasteiger charge is -2.22. The van der Waals surface area contributed by atoms with Crippen LogP contribution in [-0.2, 0) is 12.8 Å². The van der Waals surface area contributed by atoms with Crippen molar-refractivity contribution in [1.29, 1.82) is 0 Å². The molecule has 0 aromatic heterocycles. The van der Waals surface area contributed by atoms with Gasteiger partial charge in [-0.05, 0) is 60.6 Å². The average Bonchev–Trinajstić information content (AvgIpc) is 2.62. The number of fused-ring (bicyclic) bond motifs is 1. The maximum Gasteiger partial charge on any atom is 0.387 e. The molecule has 0 aliphatic heterocycles. The highest BCUT2D eigenvalue weighted by Gasteiger charge is 2.17. The molecule has 1 aliphatic carbocycles. The lowest BCUT2D eigenvalue weighted by atomic mass is 9.83. The van der Waals surface area contributed by atoms with Crippen molar-refractivity contribution >= 4 is 0 Å². The SMILES string of the molecule is C=CC1CCc2cc(C#Cc3cc(F)c(OC(F)F)c(F)c3)ccc2C1. The van der Waals surface area contributed by atoms with Crippen molar-refractivity contribution in [3.63, 3.8) is 0 Å². The van der Waals surface area contributed by atoms with E-state index in [2.05, 4.69) is 23.2 Å². The Morgan fingerprint density at radius 2 is 1.73 bits per heavy atom. The van der Waals surface area contributed by atoms with E-state index in [0.717, 1.165) is 37.0 Å². The summed E-state index contributed by atoms with van der Waals surface area (Å²) in [5.41, 5.74) is 3.26. The van der Waals surface area contributed by atoms with Gasteiger partial charge in [0.25, 0.3) is 0 Å². The van der Waals surface area contributed by atoms with Crippen LogP contribution in [0.25, 0.3) is 0 Å². The Morgan fingerprint density at radius 3 is 2.38 bits per heavy atom. The van der Waals surface area contributed by atoms with Gasteiger partial charge >= 0.3 is 6.61 Å². The zero-order chi connectivity index (χ0) is 18.7. The van der Waals surface area contributed by atoms with Gasteiger partial charge in [-0.3, -0.25) is 0 Å². The summed E-state index contributed by atoms with van der Waals surface area (Å²) < 4.78 is 55.6. The third kappa shape index (κ3) is 4.08. The molecule has 0 fully saturated rings. The fraction of sp³-hybridized carbons (Fsp3) is 0.238. The topological polar surface area (TPSA) is 9.23 Å². The third-order valence-corrected chi connectivity index (χ3v) is 4.36. The summed E-state index contributed by atoms with van der Waals surface area (Å²) in [7, 11) is 0. The van der Waals surface area contributed by atoms with Crippen LogP contribution < -0.4 is 4.74 Å². The first kappa shape index (κ1) is 18.1. The van der Waals surface area contributed by atoms with Gasteiger partial charge < -0.3 is 4.74 Å². The Hall–Kier alpha value is -2.74. The van der Waals surface area contributed by atoms with Gasteiger partial charge in [-0.1, -0.05) is 24.0 Å². The normalized spacial score (nSPS) is 15.8. The van der Waals surface area contributed by atoms with Gasteiger partial charge in [-0.15, -0.1) is 6.58 Å². The highest BCUT2D eigenvalue weighted by molar-refractivity contribution is 5.48. The molecular weight excluding hydrogens is 344 g/mol. The van der Waals surface area contributed by atoms with Gasteiger partial charge in [0.1, 0.15) is 0 Å². The fourth-order valence-corrected chi connectivity index (χ4v) is 3.04. The molecule has 26 heavy (non-hydrogen) atoms. The molecule has 0 heterocycles. The Kier molecular flexibility index (Phi) is 5.32. The summed E-state index contributed by atoms with van der Waals surface area (Å²) in [6.45, 7) is 0.541. The average molecular weight is 360 g/mol. The molecule has 5 heteroatoms. The zero-order valence-corrected chi connectivity index (χ0v) is 13.9. The second kappa shape index (κ2) is 7.65.